The molecule has 3 heterocycles. The van der Waals surface area contributed by atoms with Gasteiger partial charge in [0.25, 0.3) is 0 Å². The molecule has 8 nitrogen and oxygen atoms in total. The zero-order valence-corrected chi connectivity index (χ0v) is 16.9. The second-order valence-corrected chi connectivity index (χ2v) is 8.42. The van der Waals surface area contributed by atoms with Gasteiger partial charge >= 0.3 is 6.09 Å². The highest BCUT2D eigenvalue weighted by Gasteiger charge is 2.32. The van der Waals surface area contributed by atoms with E-state index in [0.29, 0.717) is 32.5 Å². The number of ether oxygens (including phenoxy) is 1. The second kappa shape index (κ2) is 7.77. The van der Waals surface area contributed by atoms with E-state index in [1.807, 2.05) is 39.8 Å². The molecule has 2 saturated heterocycles. The van der Waals surface area contributed by atoms with Crippen LogP contribution in [0.25, 0.3) is 0 Å². The van der Waals surface area contributed by atoms with Crippen molar-refractivity contribution in [3.63, 3.8) is 0 Å². The van der Waals surface area contributed by atoms with E-state index in [0.717, 1.165) is 11.4 Å². The Morgan fingerprint density at radius 1 is 1.25 bits per heavy atom. The number of nitrogens with zero attached hydrogens (tertiary/aromatic N) is 3. The van der Waals surface area contributed by atoms with E-state index in [4.69, 9.17) is 4.74 Å². The van der Waals surface area contributed by atoms with Gasteiger partial charge < -0.3 is 14.5 Å². The van der Waals surface area contributed by atoms with Gasteiger partial charge in [0.1, 0.15) is 11.4 Å². The summed E-state index contributed by atoms with van der Waals surface area (Å²) in [5.41, 5.74) is 0.302. The molecular formula is C20H28N4O4. The summed E-state index contributed by atoms with van der Waals surface area (Å²) in [5.74, 6) is 0.00185. The highest BCUT2D eigenvalue weighted by atomic mass is 16.6. The molecule has 0 aliphatic carbocycles. The maximum Gasteiger partial charge on any atom is 0.410 e. The first-order valence-corrected chi connectivity index (χ1v) is 9.68. The first-order valence-electron chi connectivity index (χ1n) is 9.68. The molecule has 2 aliphatic heterocycles. The lowest BCUT2D eigenvalue weighted by Crippen LogP contribution is -2.55. The summed E-state index contributed by atoms with van der Waals surface area (Å²) in [6.07, 6.45) is 2.28. The Morgan fingerprint density at radius 2 is 2.00 bits per heavy atom. The third kappa shape index (κ3) is 4.61. The number of imide groups is 1. The minimum absolute atomic E-state index is 0.000196. The number of anilines is 1. The lowest BCUT2D eigenvalue weighted by Gasteiger charge is -2.40. The van der Waals surface area contributed by atoms with Crippen LogP contribution in [-0.4, -0.2) is 59.1 Å². The number of hydrogen-bond donors (Lipinski definition) is 1. The van der Waals surface area contributed by atoms with Crippen LogP contribution in [0.1, 0.15) is 52.0 Å². The number of pyridine rings is 1. The van der Waals surface area contributed by atoms with Crippen molar-refractivity contribution in [2.45, 2.75) is 58.1 Å². The predicted octanol–water partition coefficient (Wildman–Crippen LogP) is 2.05. The summed E-state index contributed by atoms with van der Waals surface area (Å²) in [7, 11) is 0. The van der Waals surface area contributed by atoms with Crippen LogP contribution >= 0.6 is 0 Å². The number of piperazine rings is 1. The molecule has 0 bridgehead atoms. The molecule has 1 N–H and O–H groups in total. The number of nitrogens with one attached hydrogen (secondary N) is 1. The van der Waals surface area contributed by atoms with E-state index >= 15 is 0 Å². The number of carbonyl (C=O) groups excluding carboxylic acids is 3. The lowest BCUT2D eigenvalue weighted by atomic mass is 9.92. The normalized spacial score (nSPS) is 23.4. The molecule has 0 saturated carbocycles. The molecule has 1 unspecified atom stereocenters. The van der Waals surface area contributed by atoms with Gasteiger partial charge in [0.05, 0.1) is 5.92 Å². The molecule has 0 spiro atoms. The van der Waals surface area contributed by atoms with Crippen LogP contribution in [0.3, 0.4) is 0 Å². The summed E-state index contributed by atoms with van der Waals surface area (Å²) in [4.78, 5) is 44.1. The van der Waals surface area contributed by atoms with Crippen LogP contribution < -0.4 is 10.2 Å². The molecular weight excluding hydrogens is 360 g/mol. The zero-order valence-electron chi connectivity index (χ0n) is 16.9. The van der Waals surface area contributed by atoms with Crippen molar-refractivity contribution >= 4 is 23.7 Å². The molecule has 1 aromatic heterocycles. The van der Waals surface area contributed by atoms with Gasteiger partial charge in [0.2, 0.25) is 11.8 Å². The van der Waals surface area contributed by atoms with Crippen LogP contribution in [0, 0.1) is 0 Å². The molecule has 3 rings (SSSR count). The molecule has 0 aromatic carbocycles. The van der Waals surface area contributed by atoms with Gasteiger partial charge in [-0.1, -0.05) is 6.07 Å². The number of carbonyl (C=O) groups is 3. The largest absolute Gasteiger partial charge is 0.444 e. The van der Waals surface area contributed by atoms with Gasteiger partial charge in [0, 0.05) is 38.3 Å². The number of amides is 3. The van der Waals surface area contributed by atoms with E-state index in [2.05, 4.69) is 15.2 Å². The van der Waals surface area contributed by atoms with Crippen molar-refractivity contribution in [1.82, 2.24) is 15.2 Å². The Labute approximate surface area is 165 Å². The van der Waals surface area contributed by atoms with E-state index < -0.39 is 5.60 Å². The Kier molecular flexibility index (Phi) is 5.58. The fraction of sp³-hybridized carbons (Fsp3) is 0.600. The summed E-state index contributed by atoms with van der Waals surface area (Å²) in [6.45, 7) is 9.46. The van der Waals surface area contributed by atoms with Crippen LogP contribution in [0.5, 0.6) is 0 Å². The van der Waals surface area contributed by atoms with Crippen molar-refractivity contribution in [1.29, 1.82) is 0 Å². The van der Waals surface area contributed by atoms with E-state index in [1.165, 1.54) is 0 Å². The van der Waals surface area contributed by atoms with Gasteiger partial charge in [-0.3, -0.25) is 14.9 Å². The summed E-state index contributed by atoms with van der Waals surface area (Å²) in [5, 5.41) is 2.38. The fourth-order valence-electron chi connectivity index (χ4n) is 3.56. The van der Waals surface area contributed by atoms with Gasteiger partial charge in [-0.25, -0.2) is 9.78 Å². The highest BCUT2D eigenvalue weighted by Crippen LogP contribution is 2.26. The van der Waals surface area contributed by atoms with Gasteiger partial charge in [-0.2, -0.15) is 0 Å². The average molecular weight is 388 g/mol. The fourth-order valence-corrected chi connectivity index (χ4v) is 3.56. The number of aromatic nitrogens is 1. The maximum atomic E-state index is 12.3. The smallest absolute Gasteiger partial charge is 0.410 e. The number of hydrogen-bond acceptors (Lipinski definition) is 6. The standard InChI is InChI=1S/C20H28N4O4/c1-13-12-23(9-10-24(13)19(27)28-20(2,3)4)16-7-5-14(11-21-16)15-6-8-17(25)22-18(15)26/h5,7,11,13,15H,6,8-10,12H2,1-4H3,(H,22,25,26)/t13-,15?/m0/s1. The van der Waals surface area contributed by atoms with Crippen molar-refractivity contribution < 1.29 is 19.1 Å². The molecule has 1 aromatic rings. The van der Waals surface area contributed by atoms with Crippen LogP contribution in [0.4, 0.5) is 10.6 Å². The Balaban J connectivity index is 1.62. The number of rotatable bonds is 2. The highest BCUT2D eigenvalue weighted by molar-refractivity contribution is 6.00. The molecule has 3 amide bonds. The van der Waals surface area contributed by atoms with Crippen LogP contribution in [-0.2, 0) is 14.3 Å². The SMILES string of the molecule is C[C@H]1CN(c2ccc(C3CCC(=O)NC3=O)cn2)CCN1C(=O)OC(C)(C)C. The van der Waals surface area contributed by atoms with E-state index in [1.54, 1.807) is 11.1 Å². The second-order valence-electron chi connectivity index (χ2n) is 8.42. The third-order valence-electron chi connectivity index (χ3n) is 4.99. The first kappa shape index (κ1) is 20.1. The lowest BCUT2D eigenvalue weighted by molar-refractivity contribution is -0.134. The molecule has 152 valence electrons. The molecule has 0 radical (unpaired) electrons. The molecule has 2 aliphatic rings. The average Bonchev–Trinajstić information content (AvgIpc) is 2.60. The topological polar surface area (TPSA) is 91.8 Å². The quantitative estimate of drug-likeness (QED) is 0.780. The monoisotopic (exact) mass is 388 g/mol. The summed E-state index contributed by atoms with van der Waals surface area (Å²) in [6, 6.07) is 3.79. The minimum atomic E-state index is -0.513. The van der Waals surface area contributed by atoms with Crippen molar-refractivity contribution in [3.05, 3.63) is 23.9 Å². The van der Waals surface area contributed by atoms with Gasteiger partial charge in [0.15, 0.2) is 0 Å². The molecule has 28 heavy (non-hydrogen) atoms. The Hall–Kier alpha value is -2.64. The Morgan fingerprint density at radius 3 is 2.57 bits per heavy atom. The van der Waals surface area contributed by atoms with Crippen molar-refractivity contribution in [2.75, 3.05) is 24.5 Å². The van der Waals surface area contributed by atoms with E-state index in [9.17, 15) is 14.4 Å². The maximum absolute atomic E-state index is 12.3. The van der Waals surface area contributed by atoms with Crippen molar-refractivity contribution in [3.8, 4) is 0 Å². The van der Waals surface area contributed by atoms with Gasteiger partial charge in [-0.05, 0) is 45.7 Å². The zero-order chi connectivity index (χ0) is 20.5. The molecule has 2 fully saturated rings. The minimum Gasteiger partial charge on any atom is -0.444 e. The van der Waals surface area contributed by atoms with Crippen LogP contribution in [0.2, 0.25) is 0 Å². The summed E-state index contributed by atoms with van der Waals surface area (Å²) < 4.78 is 5.48. The Bertz CT molecular complexity index is 756. The van der Waals surface area contributed by atoms with E-state index in [-0.39, 0.29) is 29.9 Å². The first-order chi connectivity index (χ1) is 13.1. The predicted molar refractivity (Wildman–Crippen MR) is 104 cm³/mol. The third-order valence-corrected chi connectivity index (χ3v) is 4.99. The van der Waals surface area contributed by atoms with Gasteiger partial charge in [-0.15, -0.1) is 0 Å². The number of piperidine rings is 1. The van der Waals surface area contributed by atoms with Crippen LogP contribution in [0.15, 0.2) is 18.3 Å². The molecule has 2 atom stereocenters. The summed E-state index contributed by atoms with van der Waals surface area (Å²) >= 11 is 0. The molecule has 8 heteroatoms. The van der Waals surface area contributed by atoms with Crippen molar-refractivity contribution in [2.24, 2.45) is 0 Å².